The van der Waals surface area contributed by atoms with Crippen molar-refractivity contribution in [3.05, 3.63) is 29.3 Å². The first-order valence-corrected chi connectivity index (χ1v) is 6.81. The molecule has 0 aliphatic heterocycles. The average Bonchev–Trinajstić information content (AvgIpc) is 2.27. The highest BCUT2D eigenvalue weighted by atomic mass is 35.5. The molecule has 3 nitrogen and oxygen atoms in total. The number of rotatable bonds is 3. The molecule has 0 N–H and O–H groups in total. The molecule has 0 aromatic heterocycles. The Labute approximate surface area is 107 Å². The molecule has 18 heavy (non-hydrogen) atoms. The minimum atomic E-state index is -4.78. The van der Waals surface area contributed by atoms with Crippen LogP contribution in [0.1, 0.15) is 11.1 Å². The van der Waals surface area contributed by atoms with Crippen LogP contribution in [0.4, 0.5) is 13.2 Å². The van der Waals surface area contributed by atoms with Gasteiger partial charge in [-0.3, -0.25) is 0 Å². The lowest BCUT2D eigenvalue weighted by atomic mass is 10.1. The molecule has 0 heterocycles. The van der Waals surface area contributed by atoms with E-state index in [1.165, 1.54) is 6.07 Å². The topological polar surface area (TPSA) is 57.9 Å². The molecular formula is C10H7ClF3NO2S. The van der Waals surface area contributed by atoms with E-state index in [4.69, 9.17) is 16.9 Å². The maximum atomic E-state index is 12.6. The van der Waals surface area contributed by atoms with Gasteiger partial charge in [0.2, 0.25) is 0 Å². The summed E-state index contributed by atoms with van der Waals surface area (Å²) < 4.78 is 61.0. The number of benzene rings is 1. The predicted octanol–water partition coefficient (Wildman–Crippen LogP) is 2.59. The fraction of sp³-hybridized carbons (Fsp3) is 0.300. The van der Waals surface area contributed by atoms with Gasteiger partial charge in [0.15, 0.2) is 9.84 Å². The number of hydrogen-bond acceptors (Lipinski definition) is 3. The Kier molecular flexibility index (Phi) is 4.24. The quantitative estimate of drug-likeness (QED) is 0.806. The van der Waals surface area contributed by atoms with E-state index in [-0.39, 0.29) is 5.88 Å². The first-order chi connectivity index (χ1) is 8.22. The zero-order valence-corrected chi connectivity index (χ0v) is 10.4. The summed E-state index contributed by atoms with van der Waals surface area (Å²) in [5.74, 6) is -0.679. The van der Waals surface area contributed by atoms with Crippen molar-refractivity contribution in [3.63, 3.8) is 0 Å². The molecule has 0 bridgehead atoms. The van der Waals surface area contributed by atoms with Crippen molar-refractivity contribution in [1.82, 2.24) is 0 Å². The van der Waals surface area contributed by atoms with Crippen LogP contribution < -0.4 is 0 Å². The predicted molar refractivity (Wildman–Crippen MR) is 58.9 cm³/mol. The Bertz CT molecular complexity index is 590. The van der Waals surface area contributed by atoms with Crippen molar-refractivity contribution in [2.45, 2.75) is 11.1 Å². The molecule has 1 aromatic carbocycles. The van der Waals surface area contributed by atoms with Gasteiger partial charge in [0.1, 0.15) is 0 Å². The Morgan fingerprint density at radius 3 is 2.39 bits per heavy atom. The van der Waals surface area contributed by atoms with Gasteiger partial charge in [-0.2, -0.15) is 18.4 Å². The Morgan fingerprint density at radius 2 is 1.94 bits per heavy atom. The summed E-state index contributed by atoms with van der Waals surface area (Å²) in [7, 11) is -3.86. The number of sulfone groups is 1. The van der Waals surface area contributed by atoms with Gasteiger partial charge in [0.05, 0.1) is 27.8 Å². The fourth-order valence-corrected chi connectivity index (χ4v) is 2.89. The van der Waals surface area contributed by atoms with E-state index in [2.05, 4.69) is 0 Å². The summed E-state index contributed by atoms with van der Waals surface area (Å²) in [5, 5.41) is 8.56. The summed E-state index contributed by atoms with van der Waals surface area (Å²) >= 11 is 5.27. The lowest BCUT2D eigenvalue weighted by molar-refractivity contribution is -0.137. The average molecular weight is 298 g/mol. The van der Waals surface area contributed by atoms with E-state index in [1.807, 2.05) is 0 Å². The van der Waals surface area contributed by atoms with E-state index in [9.17, 15) is 21.6 Å². The molecule has 0 spiro atoms. The smallest absolute Gasteiger partial charge is 0.224 e. The zero-order valence-electron chi connectivity index (χ0n) is 8.83. The van der Waals surface area contributed by atoms with E-state index in [0.29, 0.717) is 6.07 Å². The molecule has 0 aliphatic carbocycles. The van der Waals surface area contributed by atoms with Crippen molar-refractivity contribution < 1.29 is 21.6 Å². The molecule has 0 unspecified atom stereocenters. The van der Waals surface area contributed by atoms with Gasteiger partial charge in [-0.1, -0.05) is 0 Å². The van der Waals surface area contributed by atoms with Gasteiger partial charge in [-0.25, -0.2) is 8.42 Å². The van der Waals surface area contributed by atoms with Gasteiger partial charge in [0, 0.05) is 5.88 Å². The van der Waals surface area contributed by atoms with Gasteiger partial charge >= 0.3 is 6.18 Å². The van der Waals surface area contributed by atoms with E-state index >= 15 is 0 Å². The number of nitriles is 1. The number of hydrogen-bond donors (Lipinski definition) is 0. The van der Waals surface area contributed by atoms with Crippen molar-refractivity contribution in [2.24, 2.45) is 0 Å². The van der Waals surface area contributed by atoms with Crippen LogP contribution in [-0.2, 0) is 16.0 Å². The van der Waals surface area contributed by atoms with Crippen LogP contribution in [0, 0.1) is 11.3 Å². The molecule has 0 radical (unpaired) electrons. The molecule has 0 saturated carbocycles. The number of nitrogens with zero attached hydrogens (tertiary/aromatic N) is 1. The maximum absolute atomic E-state index is 12.6. The van der Waals surface area contributed by atoms with Crippen molar-refractivity contribution in [3.8, 4) is 6.07 Å². The molecule has 1 rings (SSSR count). The van der Waals surface area contributed by atoms with Gasteiger partial charge in [-0.15, -0.1) is 11.6 Å². The molecule has 0 fully saturated rings. The van der Waals surface area contributed by atoms with Gasteiger partial charge in [-0.05, 0) is 18.2 Å². The molecule has 0 amide bonds. The fourth-order valence-electron chi connectivity index (χ4n) is 1.27. The monoisotopic (exact) mass is 297 g/mol. The zero-order chi connectivity index (χ0) is 14.0. The summed E-state index contributed by atoms with van der Waals surface area (Å²) in [6.07, 6.45) is -4.78. The first-order valence-electron chi connectivity index (χ1n) is 4.62. The Balaban J connectivity index is 3.42. The van der Waals surface area contributed by atoms with Crippen LogP contribution in [-0.4, -0.2) is 20.1 Å². The SMILES string of the molecule is N#Cc1ccc(S(=O)(=O)CCCl)cc1C(F)(F)F. The van der Waals surface area contributed by atoms with Crippen molar-refractivity contribution in [1.29, 1.82) is 5.26 Å². The van der Waals surface area contributed by atoms with Crippen molar-refractivity contribution >= 4 is 21.4 Å². The molecule has 0 aliphatic rings. The van der Waals surface area contributed by atoms with Crippen LogP contribution in [0.5, 0.6) is 0 Å². The lowest BCUT2D eigenvalue weighted by Gasteiger charge is -2.10. The van der Waals surface area contributed by atoms with Crippen LogP contribution in [0.2, 0.25) is 0 Å². The summed E-state index contributed by atoms with van der Waals surface area (Å²) in [6.45, 7) is 0. The highest BCUT2D eigenvalue weighted by molar-refractivity contribution is 7.91. The summed E-state index contributed by atoms with van der Waals surface area (Å²) in [6, 6.07) is 3.64. The third kappa shape index (κ3) is 3.15. The minimum Gasteiger partial charge on any atom is -0.224 e. The largest absolute Gasteiger partial charge is 0.417 e. The molecule has 0 atom stereocenters. The standard InChI is InChI=1S/C10H7ClF3NO2S/c11-3-4-18(16,17)8-2-1-7(6-15)9(5-8)10(12,13)14/h1-2,5H,3-4H2. The van der Waals surface area contributed by atoms with Crippen LogP contribution in [0.25, 0.3) is 0 Å². The summed E-state index contributed by atoms with van der Waals surface area (Å²) in [5.41, 5.74) is -1.88. The third-order valence-electron chi connectivity index (χ3n) is 2.12. The van der Waals surface area contributed by atoms with E-state index < -0.39 is 37.8 Å². The molecule has 1 aromatic rings. The Hall–Kier alpha value is -1.26. The molecule has 8 heteroatoms. The normalized spacial score (nSPS) is 12.2. The Morgan fingerprint density at radius 1 is 1.33 bits per heavy atom. The van der Waals surface area contributed by atoms with Crippen LogP contribution >= 0.6 is 11.6 Å². The molecule has 98 valence electrons. The van der Waals surface area contributed by atoms with E-state index in [1.54, 1.807) is 0 Å². The molecular weight excluding hydrogens is 291 g/mol. The summed E-state index contributed by atoms with van der Waals surface area (Å²) in [4.78, 5) is -0.491. The number of alkyl halides is 4. The second kappa shape index (κ2) is 5.16. The molecule has 0 saturated heterocycles. The second-order valence-corrected chi connectivity index (χ2v) is 5.81. The minimum absolute atomic E-state index is 0.219. The third-order valence-corrected chi connectivity index (χ3v) is 4.25. The van der Waals surface area contributed by atoms with E-state index in [0.717, 1.165) is 12.1 Å². The van der Waals surface area contributed by atoms with Gasteiger partial charge in [0.25, 0.3) is 0 Å². The van der Waals surface area contributed by atoms with Crippen LogP contribution in [0.3, 0.4) is 0 Å². The maximum Gasteiger partial charge on any atom is 0.417 e. The van der Waals surface area contributed by atoms with Crippen molar-refractivity contribution in [2.75, 3.05) is 11.6 Å². The highest BCUT2D eigenvalue weighted by Crippen LogP contribution is 2.33. The number of halogens is 4. The lowest BCUT2D eigenvalue weighted by Crippen LogP contribution is -2.12. The van der Waals surface area contributed by atoms with Crippen LogP contribution in [0.15, 0.2) is 23.1 Å². The highest BCUT2D eigenvalue weighted by Gasteiger charge is 2.34. The van der Waals surface area contributed by atoms with Gasteiger partial charge < -0.3 is 0 Å². The second-order valence-electron chi connectivity index (χ2n) is 3.32. The first kappa shape index (κ1) is 14.8.